The van der Waals surface area contributed by atoms with Gasteiger partial charge >= 0.3 is 0 Å². The van der Waals surface area contributed by atoms with Crippen LogP contribution in [0.25, 0.3) is 22.3 Å². The topological polar surface area (TPSA) is 105 Å². The number of benzene rings is 2. The van der Waals surface area contributed by atoms with Crippen LogP contribution in [0.2, 0.25) is 0 Å². The standard InChI is InChI=1S/C25H26N6O3/c1-30-21-9-5-4-8-18(21)27-23(30)11-12-26-24(32)16-14-31(15-16)25(33)20-13-19(28-29-20)17-7-3-6-10-22(17)34-2/h3-10,13,16H,11-12,14-15H2,1-2H3,(H,26,32)(H,28,29). The van der Waals surface area contributed by atoms with Gasteiger partial charge in [0, 0.05) is 38.7 Å². The normalized spacial score (nSPS) is 13.6. The molecule has 2 N–H and O–H groups in total. The first-order chi connectivity index (χ1) is 16.5. The lowest BCUT2D eigenvalue weighted by molar-refractivity contribution is -0.128. The molecular formula is C25H26N6O3. The second kappa shape index (κ2) is 9.01. The maximum Gasteiger partial charge on any atom is 0.271 e. The maximum atomic E-state index is 12.8. The number of ether oxygens (including phenoxy) is 1. The van der Waals surface area contributed by atoms with E-state index in [-0.39, 0.29) is 17.7 Å². The van der Waals surface area contributed by atoms with Gasteiger partial charge in [-0.15, -0.1) is 0 Å². The van der Waals surface area contributed by atoms with Crippen molar-refractivity contribution in [3.05, 3.63) is 66.1 Å². The lowest BCUT2D eigenvalue weighted by Gasteiger charge is -2.37. The van der Waals surface area contributed by atoms with Gasteiger partial charge in [0.1, 0.15) is 17.3 Å². The van der Waals surface area contributed by atoms with Crippen LogP contribution in [0.5, 0.6) is 5.75 Å². The number of methoxy groups -OCH3 is 1. The number of H-pyrrole nitrogens is 1. The molecule has 0 spiro atoms. The molecule has 9 nitrogen and oxygen atoms in total. The number of imidazole rings is 1. The van der Waals surface area contributed by atoms with Crippen LogP contribution in [0.4, 0.5) is 0 Å². The molecule has 1 aliphatic rings. The van der Waals surface area contributed by atoms with Crippen molar-refractivity contribution in [3.63, 3.8) is 0 Å². The largest absolute Gasteiger partial charge is 0.496 e. The number of aromatic amines is 1. The van der Waals surface area contributed by atoms with Gasteiger partial charge in [0.15, 0.2) is 0 Å². The SMILES string of the molecule is COc1ccccc1-c1cc(C(=O)N2CC(C(=O)NCCc3nc4ccccc4n3C)C2)[nH]n1. The number of para-hydroxylation sites is 3. The molecule has 0 bridgehead atoms. The Bertz CT molecular complexity index is 1350. The van der Waals surface area contributed by atoms with Gasteiger partial charge in [0.05, 0.1) is 29.8 Å². The minimum atomic E-state index is -0.207. The van der Waals surface area contributed by atoms with Gasteiger partial charge in [-0.25, -0.2) is 4.98 Å². The second-order valence-electron chi connectivity index (χ2n) is 8.39. The van der Waals surface area contributed by atoms with E-state index in [4.69, 9.17) is 4.74 Å². The van der Waals surface area contributed by atoms with E-state index in [1.165, 1.54) is 0 Å². The zero-order valence-electron chi connectivity index (χ0n) is 19.1. The summed E-state index contributed by atoms with van der Waals surface area (Å²) < 4.78 is 7.42. The maximum absolute atomic E-state index is 12.8. The molecule has 2 amide bonds. The molecule has 2 aromatic heterocycles. The summed E-state index contributed by atoms with van der Waals surface area (Å²) in [6.45, 7) is 1.28. The average molecular weight is 459 g/mol. The predicted octanol–water partition coefficient (Wildman–Crippen LogP) is 2.40. The Morgan fingerprint density at radius 2 is 1.91 bits per heavy atom. The molecule has 0 aliphatic carbocycles. The number of aryl methyl sites for hydroxylation is 1. The Kier molecular flexibility index (Phi) is 5.75. The highest BCUT2D eigenvalue weighted by Gasteiger charge is 2.36. The van der Waals surface area contributed by atoms with Crippen molar-refractivity contribution >= 4 is 22.8 Å². The summed E-state index contributed by atoms with van der Waals surface area (Å²) in [5, 5.41) is 10.1. The van der Waals surface area contributed by atoms with Crippen LogP contribution in [-0.4, -0.2) is 63.2 Å². The molecule has 0 unspecified atom stereocenters. The minimum absolute atomic E-state index is 0.0397. The van der Waals surface area contributed by atoms with Gasteiger partial charge in [-0.3, -0.25) is 14.7 Å². The Morgan fingerprint density at radius 1 is 1.15 bits per heavy atom. The molecule has 2 aromatic carbocycles. The Balaban J connectivity index is 1.13. The number of rotatable bonds is 7. The quantitative estimate of drug-likeness (QED) is 0.443. The third-order valence-electron chi connectivity index (χ3n) is 6.26. The number of nitrogens with zero attached hydrogens (tertiary/aromatic N) is 4. The average Bonchev–Trinajstić information content (AvgIpc) is 3.44. The number of aromatic nitrogens is 4. The zero-order valence-corrected chi connectivity index (χ0v) is 19.1. The summed E-state index contributed by atoms with van der Waals surface area (Å²) in [7, 11) is 3.58. The van der Waals surface area contributed by atoms with Crippen molar-refractivity contribution in [1.82, 2.24) is 30.0 Å². The summed E-state index contributed by atoms with van der Waals surface area (Å²) in [5.41, 5.74) is 3.86. The monoisotopic (exact) mass is 458 g/mol. The van der Waals surface area contributed by atoms with Crippen molar-refractivity contribution < 1.29 is 14.3 Å². The van der Waals surface area contributed by atoms with Crippen molar-refractivity contribution in [1.29, 1.82) is 0 Å². The fourth-order valence-corrected chi connectivity index (χ4v) is 4.27. The highest BCUT2D eigenvalue weighted by Crippen LogP contribution is 2.29. The summed E-state index contributed by atoms with van der Waals surface area (Å²) in [6, 6.07) is 17.2. The summed E-state index contributed by atoms with van der Waals surface area (Å²) in [5.74, 6) is 1.20. The van der Waals surface area contributed by atoms with E-state index in [1.807, 2.05) is 55.6 Å². The fourth-order valence-electron chi connectivity index (χ4n) is 4.27. The Hall–Kier alpha value is -4.14. The number of likely N-dealkylation sites (tertiary alicyclic amines) is 1. The first-order valence-corrected chi connectivity index (χ1v) is 11.2. The molecule has 5 rings (SSSR count). The fraction of sp³-hybridized carbons (Fsp3) is 0.280. The van der Waals surface area contributed by atoms with Gasteiger partial charge < -0.3 is 19.5 Å². The molecule has 3 heterocycles. The second-order valence-corrected chi connectivity index (χ2v) is 8.39. The lowest BCUT2D eigenvalue weighted by Crippen LogP contribution is -2.56. The van der Waals surface area contributed by atoms with Crippen LogP contribution >= 0.6 is 0 Å². The molecule has 0 radical (unpaired) electrons. The van der Waals surface area contributed by atoms with Crippen molar-refractivity contribution in [2.75, 3.05) is 26.7 Å². The van der Waals surface area contributed by atoms with Gasteiger partial charge in [-0.05, 0) is 30.3 Å². The molecule has 9 heteroatoms. The van der Waals surface area contributed by atoms with Crippen molar-refractivity contribution in [2.24, 2.45) is 13.0 Å². The molecule has 1 fully saturated rings. The van der Waals surface area contributed by atoms with Gasteiger partial charge in [-0.1, -0.05) is 24.3 Å². The van der Waals surface area contributed by atoms with E-state index in [1.54, 1.807) is 18.1 Å². The van der Waals surface area contributed by atoms with Gasteiger partial charge in [-0.2, -0.15) is 5.10 Å². The minimum Gasteiger partial charge on any atom is -0.496 e. The van der Waals surface area contributed by atoms with E-state index in [0.29, 0.717) is 43.2 Å². The summed E-state index contributed by atoms with van der Waals surface area (Å²) >= 11 is 0. The zero-order chi connectivity index (χ0) is 23.7. The molecule has 0 atom stereocenters. The number of fused-ring (bicyclic) bond motifs is 1. The lowest BCUT2D eigenvalue weighted by atomic mass is 9.98. The third kappa shape index (κ3) is 4.00. The van der Waals surface area contributed by atoms with Crippen molar-refractivity contribution in [3.8, 4) is 17.0 Å². The van der Waals surface area contributed by atoms with E-state index in [0.717, 1.165) is 22.4 Å². The number of carbonyl (C=O) groups excluding carboxylic acids is 2. The third-order valence-corrected chi connectivity index (χ3v) is 6.26. The summed E-state index contributed by atoms with van der Waals surface area (Å²) in [4.78, 5) is 31.6. The first-order valence-electron chi connectivity index (χ1n) is 11.2. The van der Waals surface area contributed by atoms with Gasteiger partial charge in [0.25, 0.3) is 5.91 Å². The number of nitrogens with one attached hydrogen (secondary N) is 2. The smallest absolute Gasteiger partial charge is 0.271 e. The number of hydrogen-bond acceptors (Lipinski definition) is 5. The van der Waals surface area contributed by atoms with E-state index in [2.05, 4.69) is 25.1 Å². The molecular weight excluding hydrogens is 432 g/mol. The van der Waals surface area contributed by atoms with Crippen LogP contribution in [-0.2, 0) is 18.3 Å². The van der Waals surface area contributed by atoms with Gasteiger partial charge in [0.2, 0.25) is 5.91 Å². The van der Waals surface area contributed by atoms with Crippen LogP contribution in [0.3, 0.4) is 0 Å². The molecule has 0 saturated carbocycles. The van der Waals surface area contributed by atoms with Crippen LogP contribution in [0.1, 0.15) is 16.3 Å². The Labute approximate surface area is 196 Å². The van der Waals surface area contributed by atoms with E-state index < -0.39 is 0 Å². The van der Waals surface area contributed by atoms with E-state index >= 15 is 0 Å². The highest BCUT2D eigenvalue weighted by molar-refractivity contribution is 5.95. The first kappa shape index (κ1) is 21.7. The predicted molar refractivity (Wildman–Crippen MR) is 127 cm³/mol. The number of hydrogen-bond donors (Lipinski definition) is 2. The van der Waals surface area contributed by atoms with Crippen LogP contribution in [0, 0.1) is 5.92 Å². The van der Waals surface area contributed by atoms with Crippen LogP contribution in [0.15, 0.2) is 54.6 Å². The highest BCUT2D eigenvalue weighted by atomic mass is 16.5. The Morgan fingerprint density at radius 3 is 2.71 bits per heavy atom. The molecule has 1 saturated heterocycles. The number of carbonyl (C=O) groups is 2. The number of amides is 2. The molecule has 34 heavy (non-hydrogen) atoms. The summed E-state index contributed by atoms with van der Waals surface area (Å²) in [6.07, 6.45) is 0.645. The molecule has 4 aromatic rings. The molecule has 174 valence electrons. The molecule has 1 aliphatic heterocycles. The van der Waals surface area contributed by atoms with Crippen LogP contribution < -0.4 is 10.1 Å². The van der Waals surface area contributed by atoms with Crippen molar-refractivity contribution in [2.45, 2.75) is 6.42 Å². The van der Waals surface area contributed by atoms with E-state index in [9.17, 15) is 9.59 Å².